The second-order valence-corrected chi connectivity index (χ2v) is 9.97. The predicted octanol–water partition coefficient (Wildman–Crippen LogP) is 3.50. The molecule has 2 aromatic carbocycles. The lowest BCUT2D eigenvalue weighted by Gasteiger charge is -2.52. The summed E-state index contributed by atoms with van der Waals surface area (Å²) in [6.07, 6.45) is -4.99. The standard InChI is InChI=1S/C26H29ClF3N5O3/c1-16-9-18(11-19(10-16)26(28,29)30)13-32-25(38)34-8-6-23(36)35-21(5-7-31)24(37)33(15-22(34)35)14-17-3-2-4-20(27)12-17/h2-4,9-12,21-22H,5-8,13-15,31H2,1H3,(H,32,38)/t21-,22+/m0/s1. The van der Waals surface area contributed by atoms with Crippen LogP contribution in [0.2, 0.25) is 5.02 Å². The molecule has 2 fully saturated rings. The smallest absolute Gasteiger partial charge is 0.334 e. The van der Waals surface area contributed by atoms with Gasteiger partial charge in [0.15, 0.2) is 0 Å². The Kier molecular flexibility index (Phi) is 8.17. The molecule has 2 atom stereocenters. The van der Waals surface area contributed by atoms with Crippen LogP contribution < -0.4 is 11.1 Å². The summed E-state index contributed by atoms with van der Waals surface area (Å²) < 4.78 is 39.7. The van der Waals surface area contributed by atoms with Gasteiger partial charge in [-0.2, -0.15) is 13.2 Å². The molecule has 0 aromatic heterocycles. The first-order valence-electron chi connectivity index (χ1n) is 12.2. The van der Waals surface area contributed by atoms with Crippen LogP contribution in [0.5, 0.6) is 0 Å². The number of benzene rings is 2. The lowest BCUT2D eigenvalue weighted by Crippen LogP contribution is -2.72. The summed E-state index contributed by atoms with van der Waals surface area (Å²) in [7, 11) is 0. The minimum Gasteiger partial charge on any atom is -0.334 e. The van der Waals surface area contributed by atoms with Gasteiger partial charge >= 0.3 is 12.2 Å². The molecule has 2 heterocycles. The van der Waals surface area contributed by atoms with Gasteiger partial charge in [-0.05, 0) is 55.3 Å². The van der Waals surface area contributed by atoms with E-state index in [1.165, 1.54) is 9.80 Å². The third kappa shape index (κ3) is 6.05. The van der Waals surface area contributed by atoms with Crippen LogP contribution in [0.3, 0.4) is 0 Å². The number of nitrogens with one attached hydrogen (secondary N) is 1. The molecule has 3 N–H and O–H groups in total. The SMILES string of the molecule is Cc1cc(CNC(=O)N2CCC(=O)N3[C@@H]2CN(Cc2cccc(Cl)c2)C(=O)[C@@H]3CCN)cc(C(F)(F)F)c1. The fourth-order valence-electron chi connectivity index (χ4n) is 5.06. The maximum Gasteiger partial charge on any atom is 0.416 e. The number of alkyl halides is 3. The van der Waals surface area contributed by atoms with E-state index in [4.69, 9.17) is 17.3 Å². The lowest BCUT2D eigenvalue weighted by atomic mass is 10.0. The molecule has 4 rings (SSSR count). The van der Waals surface area contributed by atoms with Gasteiger partial charge in [-0.25, -0.2) is 4.79 Å². The van der Waals surface area contributed by atoms with E-state index in [1.54, 1.807) is 36.1 Å². The van der Waals surface area contributed by atoms with Gasteiger partial charge in [0, 0.05) is 31.1 Å². The number of fused-ring (bicyclic) bond motifs is 1. The zero-order valence-electron chi connectivity index (χ0n) is 20.8. The fraction of sp³-hybridized carbons (Fsp3) is 0.423. The van der Waals surface area contributed by atoms with Gasteiger partial charge in [0.05, 0.1) is 12.1 Å². The minimum atomic E-state index is -4.50. The van der Waals surface area contributed by atoms with E-state index in [0.717, 1.165) is 17.7 Å². The number of hydrogen-bond donors (Lipinski definition) is 2. The number of halogens is 4. The van der Waals surface area contributed by atoms with Crippen molar-refractivity contribution in [3.63, 3.8) is 0 Å². The van der Waals surface area contributed by atoms with E-state index < -0.39 is 30.0 Å². The van der Waals surface area contributed by atoms with Crippen molar-refractivity contribution in [2.24, 2.45) is 5.73 Å². The van der Waals surface area contributed by atoms with Crippen LogP contribution in [0.15, 0.2) is 42.5 Å². The summed E-state index contributed by atoms with van der Waals surface area (Å²) in [6, 6.07) is 9.33. The third-order valence-electron chi connectivity index (χ3n) is 6.72. The summed E-state index contributed by atoms with van der Waals surface area (Å²) in [4.78, 5) is 44.0. The first-order valence-corrected chi connectivity index (χ1v) is 12.6. The molecule has 0 spiro atoms. The van der Waals surface area contributed by atoms with E-state index in [2.05, 4.69) is 5.32 Å². The van der Waals surface area contributed by atoms with Crippen molar-refractivity contribution < 1.29 is 27.6 Å². The zero-order chi connectivity index (χ0) is 27.6. The number of carbonyl (C=O) groups excluding carboxylic acids is 3. The van der Waals surface area contributed by atoms with Crippen LogP contribution in [-0.2, 0) is 28.9 Å². The monoisotopic (exact) mass is 551 g/mol. The van der Waals surface area contributed by atoms with Crippen LogP contribution in [0, 0.1) is 6.92 Å². The Balaban J connectivity index is 1.55. The highest BCUT2D eigenvalue weighted by molar-refractivity contribution is 6.30. The Morgan fingerprint density at radius 2 is 1.92 bits per heavy atom. The summed E-state index contributed by atoms with van der Waals surface area (Å²) in [6.45, 7) is 2.02. The van der Waals surface area contributed by atoms with Gasteiger partial charge < -0.3 is 25.8 Å². The molecule has 2 aromatic rings. The van der Waals surface area contributed by atoms with Crippen LogP contribution in [0.1, 0.15) is 35.1 Å². The normalized spacial score (nSPS) is 20.0. The molecule has 2 saturated heterocycles. The highest BCUT2D eigenvalue weighted by atomic mass is 35.5. The molecule has 0 radical (unpaired) electrons. The highest BCUT2D eigenvalue weighted by Gasteiger charge is 2.48. The number of hydrogen-bond acceptors (Lipinski definition) is 4. The third-order valence-corrected chi connectivity index (χ3v) is 6.96. The second kappa shape index (κ2) is 11.2. The summed E-state index contributed by atoms with van der Waals surface area (Å²) in [5.74, 6) is -0.511. The van der Waals surface area contributed by atoms with Crippen molar-refractivity contribution in [2.45, 2.75) is 51.2 Å². The molecular weight excluding hydrogens is 523 g/mol. The average Bonchev–Trinajstić information content (AvgIpc) is 2.84. The van der Waals surface area contributed by atoms with Gasteiger partial charge in [0.1, 0.15) is 12.2 Å². The van der Waals surface area contributed by atoms with E-state index in [-0.39, 0.29) is 57.4 Å². The molecule has 0 unspecified atom stereocenters. The van der Waals surface area contributed by atoms with Crippen LogP contribution in [0.25, 0.3) is 0 Å². The van der Waals surface area contributed by atoms with Crippen molar-refractivity contribution in [2.75, 3.05) is 19.6 Å². The number of nitrogens with zero attached hydrogens (tertiary/aromatic N) is 3. The predicted molar refractivity (Wildman–Crippen MR) is 135 cm³/mol. The highest BCUT2D eigenvalue weighted by Crippen LogP contribution is 2.31. The second-order valence-electron chi connectivity index (χ2n) is 9.53. The number of carbonyl (C=O) groups is 3. The number of rotatable bonds is 6. The van der Waals surface area contributed by atoms with Gasteiger partial charge in [0.25, 0.3) is 0 Å². The quantitative estimate of drug-likeness (QED) is 0.574. The number of aryl methyl sites for hydroxylation is 1. The van der Waals surface area contributed by atoms with E-state index in [0.29, 0.717) is 16.1 Å². The molecule has 2 aliphatic heterocycles. The van der Waals surface area contributed by atoms with E-state index >= 15 is 0 Å². The van der Waals surface area contributed by atoms with Gasteiger partial charge in [-0.15, -0.1) is 0 Å². The maximum atomic E-state index is 13.4. The molecule has 204 valence electrons. The fourth-order valence-corrected chi connectivity index (χ4v) is 5.27. The van der Waals surface area contributed by atoms with Crippen molar-refractivity contribution in [1.82, 2.24) is 20.0 Å². The minimum absolute atomic E-state index is 0.0230. The Hall–Kier alpha value is -3.31. The van der Waals surface area contributed by atoms with Crippen molar-refractivity contribution in [3.8, 4) is 0 Å². The molecular formula is C26H29ClF3N5O3. The zero-order valence-corrected chi connectivity index (χ0v) is 21.6. The molecule has 12 heteroatoms. The Bertz CT molecular complexity index is 1220. The maximum absolute atomic E-state index is 13.4. The summed E-state index contributed by atoms with van der Waals surface area (Å²) >= 11 is 6.11. The Morgan fingerprint density at radius 1 is 1.16 bits per heavy atom. The molecule has 0 aliphatic carbocycles. The van der Waals surface area contributed by atoms with Gasteiger partial charge in [0.2, 0.25) is 11.8 Å². The molecule has 0 bridgehead atoms. The van der Waals surface area contributed by atoms with E-state index in [1.807, 2.05) is 6.07 Å². The summed E-state index contributed by atoms with van der Waals surface area (Å²) in [5.41, 5.74) is 6.50. The number of amides is 4. The molecule has 4 amide bonds. The van der Waals surface area contributed by atoms with E-state index in [9.17, 15) is 27.6 Å². The van der Waals surface area contributed by atoms with Crippen LogP contribution >= 0.6 is 11.6 Å². The number of piperazine rings is 1. The van der Waals surface area contributed by atoms with Crippen molar-refractivity contribution in [1.29, 1.82) is 0 Å². The number of nitrogens with two attached hydrogens (primary N) is 1. The molecule has 38 heavy (non-hydrogen) atoms. The molecule has 0 saturated carbocycles. The van der Waals surface area contributed by atoms with Crippen molar-refractivity contribution in [3.05, 3.63) is 69.7 Å². The topological polar surface area (TPSA) is 99.0 Å². The Labute approximate surface area is 223 Å². The molecule has 8 nitrogen and oxygen atoms in total. The average molecular weight is 552 g/mol. The van der Waals surface area contributed by atoms with Crippen molar-refractivity contribution >= 4 is 29.4 Å². The first-order chi connectivity index (χ1) is 18.0. The van der Waals surface area contributed by atoms with Gasteiger partial charge in [-0.3, -0.25) is 9.59 Å². The van der Waals surface area contributed by atoms with Crippen LogP contribution in [0.4, 0.5) is 18.0 Å². The number of urea groups is 1. The largest absolute Gasteiger partial charge is 0.416 e. The first kappa shape index (κ1) is 27.7. The lowest BCUT2D eigenvalue weighted by molar-refractivity contribution is -0.167. The summed E-state index contributed by atoms with van der Waals surface area (Å²) in [5, 5.41) is 3.21. The van der Waals surface area contributed by atoms with Crippen LogP contribution in [-0.4, -0.2) is 64.4 Å². The van der Waals surface area contributed by atoms with Gasteiger partial charge in [-0.1, -0.05) is 35.4 Å². The Morgan fingerprint density at radius 3 is 2.61 bits per heavy atom. The molecule has 2 aliphatic rings.